The standard InChI is InChI=1S/C21H19F2N3S/c22-13-10-11-15(16(23)12-13)19-20(24-14-6-2-1-3-7-14)26-17-8-4-5-9-18(17)27-21(26)25-19/h4-5,8-12,14,24H,1-3,6-7H2. The Bertz CT molecular complexity index is 1130. The molecule has 1 aliphatic carbocycles. The fourth-order valence-electron chi connectivity index (χ4n) is 3.96. The number of rotatable bonds is 3. The minimum absolute atomic E-state index is 0.328. The largest absolute Gasteiger partial charge is 0.367 e. The number of aromatic nitrogens is 2. The molecular weight excluding hydrogens is 364 g/mol. The van der Waals surface area contributed by atoms with Crippen molar-refractivity contribution in [3.8, 4) is 11.3 Å². The normalized spacial score (nSPS) is 15.6. The van der Waals surface area contributed by atoms with Crippen molar-refractivity contribution in [3.05, 3.63) is 54.1 Å². The van der Waals surface area contributed by atoms with Crippen molar-refractivity contribution in [1.82, 2.24) is 9.38 Å². The second-order valence-corrected chi connectivity index (χ2v) is 8.11. The number of imidazole rings is 1. The highest BCUT2D eigenvalue weighted by molar-refractivity contribution is 7.23. The Morgan fingerprint density at radius 1 is 1.04 bits per heavy atom. The van der Waals surface area contributed by atoms with Crippen molar-refractivity contribution in [2.24, 2.45) is 0 Å². The van der Waals surface area contributed by atoms with Gasteiger partial charge < -0.3 is 5.32 Å². The second-order valence-electron chi connectivity index (χ2n) is 7.10. The number of thiazole rings is 1. The molecule has 27 heavy (non-hydrogen) atoms. The summed E-state index contributed by atoms with van der Waals surface area (Å²) in [6.07, 6.45) is 5.86. The predicted octanol–water partition coefficient (Wildman–Crippen LogP) is 6.24. The summed E-state index contributed by atoms with van der Waals surface area (Å²) in [7, 11) is 0. The first-order chi connectivity index (χ1) is 13.2. The predicted molar refractivity (Wildman–Crippen MR) is 106 cm³/mol. The molecule has 1 saturated carbocycles. The van der Waals surface area contributed by atoms with Crippen LogP contribution in [0.15, 0.2) is 42.5 Å². The van der Waals surface area contributed by atoms with E-state index in [1.165, 1.54) is 31.4 Å². The Hall–Kier alpha value is -2.47. The average molecular weight is 383 g/mol. The van der Waals surface area contributed by atoms with Gasteiger partial charge in [-0.15, -0.1) is 0 Å². The quantitative estimate of drug-likeness (QED) is 0.454. The van der Waals surface area contributed by atoms with E-state index in [0.717, 1.165) is 39.9 Å². The lowest BCUT2D eigenvalue weighted by atomic mass is 9.95. The van der Waals surface area contributed by atoms with Gasteiger partial charge in [0.1, 0.15) is 23.1 Å². The van der Waals surface area contributed by atoms with Crippen molar-refractivity contribution in [2.75, 3.05) is 5.32 Å². The van der Waals surface area contributed by atoms with Gasteiger partial charge in [-0.25, -0.2) is 13.8 Å². The van der Waals surface area contributed by atoms with Crippen LogP contribution in [0.4, 0.5) is 14.6 Å². The zero-order chi connectivity index (χ0) is 18.4. The summed E-state index contributed by atoms with van der Waals surface area (Å²) < 4.78 is 31.2. The fraction of sp³-hybridized carbons (Fsp3) is 0.286. The van der Waals surface area contributed by atoms with Gasteiger partial charge in [0, 0.05) is 17.7 Å². The first kappa shape index (κ1) is 16.7. The number of para-hydroxylation sites is 1. The number of hydrogen-bond donors (Lipinski definition) is 1. The molecule has 0 atom stereocenters. The van der Waals surface area contributed by atoms with Gasteiger partial charge in [-0.3, -0.25) is 4.40 Å². The van der Waals surface area contributed by atoms with Crippen LogP contribution in [0.3, 0.4) is 0 Å². The van der Waals surface area contributed by atoms with E-state index in [0.29, 0.717) is 17.3 Å². The number of nitrogens with one attached hydrogen (secondary N) is 1. The maximum Gasteiger partial charge on any atom is 0.197 e. The van der Waals surface area contributed by atoms with Crippen LogP contribution in [0.2, 0.25) is 0 Å². The third-order valence-electron chi connectivity index (χ3n) is 5.29. The molecule has 2 aromatic carbocycles. The van der Waals surface area contributed by atoms with Gasteiger partial charge in [0.2, 0.25) is 0 Å². The van der Waals surface area contributed by atoms with Crippen molar-refractivity contribution in [3.63, 3.8) is 0 Å². The number of halogens is 2. The summed E-state index contributed by atoms with van der Waals surface area (Å²) in [6.45, 7) is 0. The first-order valence-electron chi connectivity index (χ1n) is 9.32. The molecule has 0 spiro atoms. The Labute approximate surface area is 159 Å². The Balaban J connectivity index is 1.72. The fourth-order valence-corrected chi connectivity index (χ4v) is 4.99. The first-order valence-corrected chi connectivity index (χ1v) is 10.1. The molecule has 0 aliphatic heterocycles. The smallest absolute Gasteiger partial charge is 0.197 e. The van der Waals surface area contributed by atoms with Crippen LogP contribution in [-0.2, 0) is 0 Å². The molecule has 0 bridgehead atoms. The van der Waals surface area contributed by atoms with Gasteiger partial charge >= 0.3 is 0 Å². The van der Waals surface area contributed by atoms with Crippen molar-refractivity contribution < 1.29 is 8.78 Å². The van der Waals surface area contributed by atoms with Gasteiger partial charge in [0.15, 0.2) is 4.96 Å². The molecule has 0 amide bonds. The van der Waals surface area contributed by atoms with Crippen molar-refractivity contribution in [1.29, 1.82) is 0 Å². The highest BCUT2D eigenvalue weighted by Gasteiger charge is 2.23. The number of nitrogens with zero attached hydrogens (tertiary/aromatic N) is 2. The third-order valence-corrected chi connectivity index (χ3v) is 6.31. The monoisotopic (exact) mass is 383 g/mol. The van der Waals surface area contributed by atoms with Crippen LogP contribution in [0.25, 0.3) is 26.4 Å². The highest BCUT2D eigenvalue weighted by Crippen LogP contribution is 2.38. The van der Waals surface area contributed by atoms with Crippen LogP contribution in [0.1, 0.15) is 32.1 Å². The van der Waals surface area contributed by atoms with E-state index in [9.17, 15) is 8.78 Å². The van der Waals surface area contributed by atoms with E-state index in [1.54, 1.807) is 11.3 Å². The summed E-state index contributed by atoms with van der Waals surface area (Å²) in [5, 5.41) is 3.64. The minimum Gasteiger partial charge on any atom is -0.367 e. The van der Waals surface area contributed by atoms with E-state index in [1.807, 2.05) is 12.1 Å². The van der Waals surface area contributed by atoms with E-state index in [2.05, 4.69) is 21.9 Å². The Morgan fingerprint density at radius 3 is 2.67 bits per heavy atom. The molecule has 3 nitrogen and oxygen atoms in total. The number of hydrogen-bond acceptors (Lipinski definition) is 3. The van der Waals surface area contributed by atoms with Gasteiger partial charge in [-0.1, -0.05) is 42.7 Å². The maximum atomic E-state index is 14.5. The van der Waals surface area contributed by atoms with Gasteiger partial charge in [-0.05, 0) is 37.1 Å². The molecule has 1 fully saturated rings. The minimum atomic E-state index is -0.586. The molecule has 5 rings (SSSR count). The lowest BCUT2D eigenvalue weighted by Crippen LogP contribution is -2.23. The summed E-state index contributed by atoms with van der Waals surface area (Å²) in [5.41, 5.74) is 1.93. The van der Waals surface area contributed by atoms with Gasteiger partial charge in [0.05, 0.1) is 10.2 Å². The lowest BCUT2D eigenvalue weighted by Gasteiger charge is -2.24. The van der Waals surface area contributed by atoms with Crippen LogP contribution < -0.4 is 5.32 Å². The molecule has 4 aromatic rings. The molecule has 2 heterocycles. The summed E-state index contributed by atoms with van der Waals surface area (Å²) in [6, 6.07) is 12.2. The molecule has 6 heteroatoms. The SMILES string of the molecule is Fc1ccc(-c2nc3sc4ccccc4n3c2NC2CCCCC2)c(F)c1. The van der Waals surface area contributed by atoms with Gasteiger partial charge in [-0.2, -0.15) is 0 Å². The molecule has 0 radical (unpaired) electrons. The number of anilines is 1. The summed E-state index contributed by atoms with van der Waals surface area (Å²) in [5.74, 6) is -0.360. The molecule has 1 aliphatic rings. The number of fused-ring (bicyclic) bond motifs is 3. The summed E-state index contributed by atoms with van der Waals surface area (Å²) in [4.78, 5) is 5.55. The number of benzene rings is 2. The van der Waals surface area contributed by atoms with E-state index < -0.39 is 11.6 Å². The van der Waals surface area contributed by atoms with E-state index >= 15 is 0 Å². The third kappa shape index (κ3) is 2.88. The molecule has 2 aromatic heterocycles. The second kappa shape index (κ2) is 6.60. The lowest BCUT2D eigenvalue weighted by molar-refractivity contribution is 0.462. The zero-order valence-electron chi connectivity index (χ0n) is 14.7. The highest BCUT2D eigenvalue weighted by atomic mass is 32.1. The Kier molecular flexibility index (Phi) is 4.08. The van der Waals surface area contributed by atoms with Crippen LogP contribution in [-0.4, -0.2) is 15.4 Å². The van der Waals surface area contributed by atoms with Crippen molar-refractivity contribution in [2.45, 2.75) is 38.1 Å². The van der Waals surface area contributed by atoms with E-state index in [-0.39, 0.29) is 0 Å². The molecule has 1 N–H and O–H groups in total. The maximum absolute atomic E-state index is 14.5. The van der Waals surface area contributed by atoms with Crippen LogP contribution >= 0.6 is 11.3 Å². The van der Waals surface area contributed by atoms with Gasteiger partial charge in [0.25, 0.3) is 0 Å². The van der Waals surface area contributed by atoms with Crippen LogP contribution in [0.5, 0.6) is 0 Å². The van der Waals surface area contributed by atoms with E-state index in [4.69, 9.17) is 4.98 Å². The van der Waals surface area contributed by atoms with Crippen molar-refractivity contribution >= 4 is 32.3 Å². The van der Waals surface area contributed by atoms with Crippen LogP contribution in [0, 0.1) is 11.6 Å². The molecule has 138 valence electrons. The zero-order valence-corrected chi connectivity index (χ0v) is 15.5. The topological polar surface area (TPSA) is 29.3 Å². The summed E-state index contributed by atoms with van der Waals surface area (Å²) >= 11 is 1.58. The molecule has 0 unspecified atom stereocenters. The average Bonchev–Trinajstić information content (AvgIpc) is 3.19. The Morgan fingerprint density at radius 2 is 1.85 bits per heavy atom. The molecule has 0 saturated heterocycles. The molecular formula is C21H19F2N3S.